The quantitative estimate of drug-likeness (QED) is 0.398. The highest BCUT2D eigenvalue weighted by Crippen LogP contribution is 2.35. The van der Waals surface area contributed by atoms with Gasteiger partial charge in [-0.3, -0.25) is 9.59 Å². The molecule has 0 aliphatic carbocycles. The fourth-order valence-corrected chi connectivity index (χ4v) is 5.03. The highest BCUT2D eigenvalue weighted by Gasteiger charge is 2.14. The molecule has 9 heteroatoms. The van der Waals surface area contributed by atoms with Gasteiger partial charge in [-0.2, -0.15) is 5.10 Å². The lowest BCUT2D eigenvalue weighted by Gasteiger charge is -2.10. The van der Waals surface area contributed by atoms with E-state index in [4.69, 9.17) is 4.74 Å². The van der Waals surface area contributed by atoms with Gasteiger partial charge >= 0.3 is 0 Å². The number of hydrogen-bond donors (Lipinski definition) is 1. The van der Waals surface area contributed by atoms with E-state index in [0.29, 0.717) is 11.3 Å². The zero-order valence-corrected chi connectivity index (χ0v) is 20.2. The number of amides is 1. The van der Waals surface area contributed by atoms with Gasteiger partial charge in [0.15, 0.2) is 0 Å². The van der Waals surface area contributed by atoms with Gasteiger partial charge in [0.1, 0.15) is 16.5 Å². The Hall–Kier alpha value is -3.30. The molecule has 0 radical (unpaired) electrons. The minimum Gasteiger partial charge on any atom is -0.491 e. The number of carbonyl (C=O) groups is 1. The Balaban J connectivity index is 1.42. The van der Waals surface area contributed by atoms with Crippen LogP contribution >= 0.6 is 22.7 Å². The summed E-state index contributed by atoms with van der Waals surface area (Å²) in [5, 5.41) is 10.3. The number of thiazole rings is 1. The number of hydrogen-bond acceptors (Lipinski definition) is 7. The van der Waals surface area contributed by atoms with Crippen LogP contribution in [0.25, 0.3) is 20.5 Å². The van der Waals surface area contributed by atoms with Gasteiger partial charge in [-0.25, -0.2) is 9.67 Å². The van der Waals surface area contributed by atoms with E-state index in [1.807, 2.05) is 38.3 Å². The first-order chi connectivity index (χ1) is 15.9. The molecule has 4 rings (SSSR count). The molecule has 0 aliphatic heterocycles. The van der Waals surface area contributed by atoms with Crippen molar-refractivity contribution in [1.29, 1.82) is 0 Å². The first-order valence-corrected chi connectivity index (χ1v) is 12.2. The summed E-state index contributed by atoms with van der Waals surface area (Å²) >= 11 is 3.20. The predicted octanol–water partition coefficient (Wildman–Crippen LogP) is 4.62. The summed E-state index contributed by atoms with van der Waals surface area (Å²) in [4.78, 5) is 31.4. The summed E-state index contributed by atoms with van der Waals surface area (Å²) in [6.45, 7) is 6.39. The molecule has 0 saturated carbocycles. The maximum Gasteiger partial charge on any atom is 0.266 e. The van der Waals surface area contributed by atoms with Crippen molar-refractivity contribution in [1.82, 2.24) is 20.1 Å². The average molecular weight is 481 g/mol. The van der Waals surface area contributed by atoms with Gasteiger partial charge in [0.25, 0.3) is 11.5 Å². The largest absolute Gasteiger partial charge is 0.491 e. The Morgan fingerprint density at radius 2 is 1.94 bits per heavy atom. The number of benzene rings is 1. The Morgan fingerprint density at radius 1 is 1.15 bits per heavy atom. The van der Waals surface area contributed by atoms with Crippen molar-refractivity contribution < 1.29 is 9.53 Å². The molecule has 0 spiro atoms. The van der Waals surface area contributed by atoms with Crippen molar-refractivity contribution in [3.05, 3.63) is 75.5 Å². The first kappa shape index (κ1) is 22.9. The lowest BCUT2D eigenvalue weighted by Crippen LogP contribution is -2.31. The number of carbonyl (C=O) groups excluding carboxylic acids is 1. The van der Waals surface area contributed by atoms with Crippen LogP contribution < -0.4 is 15.6 Å². The van der Waals surface area contributed by atoms with Crippen molar-refractivity contribution in [3.8, 4) is 26.2 Å². The van der Waals surface area contributed by atoms with Crippen molar-refractivity contribution in [2.24, 2.45) is 0 Å². The molecule has 0 unspecified atom stereocenters. The normalized spacial score (nSPS) is 11.0. The third-order valence-electron chi connectivity index (χ3n) is 4.73. The highest BCUT2D eigenvalue weighted by molar-refractivity contribution is 7.23. The van der Waals surface area contributed by atoms with Gasteiger partial charge in [-0.15, -0.1) is 22.7 Å². The summed E-state index contributed by atoms with van der Waals surface area (Å²) in [6, 6.07) is 14.2. The standard InChI is InChI=1S/C24H24N4O3S2/c1-15(2)31-18-8-6-17(7-9-18)23(30)25-12-13-28-21(29)11-10-19(27-28)22-16(3)26-24(33-22)20-5-4-14-32-20/h4-11,14-15H,12-13H2,1-3H3,(H,25,30). The second-order valence-electron chi connectivity index (χ2n) is 7.64. The monoisotopic (exact) mass is 480 g/mol. The number of rotatable bonds is 8. The lowest BCUT2D eigenvalue weighted by atomic mass is 10.2. The van der Waals surface area contributed by atoms with Gasteiger partial charge in [-0.05, 0) is 62.5 Å². The Labute approximate surface area is 199 Å². The second-order valence-corrected chi connectivity index (χ2v) is 9.58. The topological polar surface area (TPSA) is 86.1 Å². The molecule has 7 nitrogen and oxygen atoms in total. The zero-order chi connectivity index (χ0) is 23.4. The van der Waals surface area contributed by atoms with Gasteiger partial charge < -0.3 is 10.1 Å². The van der Waals surface area contributed by atoms with Crippen LogP contribution in [0, 0.1) is 6.92 Å². The van der Waals surface area contributed by atoms with Crippen molar-refractivity contribution >= 4 is 28.6 Å². The summed E-state index contributed by atoms with van der Waals surface area (Å²) in [5.41, 5.74) is 1.88. The second kappa shape index (κ2) is 10.1. The number of nitrogens with zero attached hydrogens (tertiary/aromatic N) is 3. The van der Waals surface area contributed by atoms with Crippen LogP contribution in [0.5, 0.6) is 5.75 Å². The Kier molecular flexibility index (Phi) is 7.00. The van der Waals surface area contributed by atoms with Gasteiger partial charge in [0.2, 0.25) is 0 Å². The summed E-state index contributed by atoms with van der Waals surface area (Å²) < 4.78 is 6.97. The van der Waals surface area contributed by atoms with Crippen molar-refractivity contribution in [3.63, 3.8) is 0 Å². The van der Waals surface area contributed by atoms with E-state index in [-0.39, 0.29) is 30.7 Å². The summed E-state index contributed by atoms with van der Waals surface area (Å²) in [5.74, 6) is 0.504. The van der Waals surface area contributed by atoms with Gasteiger partial charge in [-0.1, -0.05) is 6.07 Å². The average Bonchev–Trinajstić information content (AvgIpc) is 3.45. The number of nitrogens with one attached hydrogen (secondary N) is 1. The van der Waals surface area contributed by atoms with E-state index >= 15 is 0 Å². The maximum absolute atomic E-state index is 12.4. The molecule has 1 N–H and O–H groups in total. The molecular formula is C24H24N4O3S2. The predicted molar refractivity (Wildman–Crippen MR) is 132 cm³/mol. The Bertz CT molecular complexity index is 1290. The summed E-state index contributed by atoms with van der Waals surface area (Å²) in [6.07, 6.45) is 0.0716. The smallest absolute Gasteiger partial charge is 0.266 e. The molecule has 1 aromatic carbocycles. The molecule has 33 heavy (non-hydrogen) atoms. The van der Waals surface area contributed by atoms with Crippen LogP contribution in [0.1, 0.15) is 29.9 Å². The fourth-order valence-electron chi connectivity index (χ4n) is 3.20. The SMILES string of the molecule is Cc1nc(-c2cccs2)sc1-c1ccc(=O)n(CCNC(=O)c2ccc(OC(C)C)cc2)n1. The van der Waals surface area contributed by atoms with Crippen molar-refractivity contribution in [2.75, 3.05) is 6.54 Å². The van der Waals surface area contributed by atoms with Crippen LogP contribution in [-0.2, 0) is 6.54 Å². The number of ether oxygens (including phenoxy) is 1. The summed E-state index contributed by atoms with van der Waals surface area (Å²) in [7, 11) is 0. The van der Waals surface area contributed by atoms with Crippen molar-refractivity contribution in [2.45, 2.75) is 33.4 Å². The Morgan fingerprint density at radius 3 is 2.64 bits per heavy atom. The van der Waals surface area contributed by atoms with E-state index in [0.717, 1.165) is 26.2 Å². The molecule has 1 amide bonds. The molecule has 170 valence electrons. The van der Waals surface area contributed by atoms with E-state index < -0.39 is 0 Å². The highest BCUT2D eigenvalue weighted by atomic mass is 32.1. The van der Waals surface area contributed by atoms with E-state index in [9.17, 15) is 9.59 Å². The zero-order valence-electron chi connectivity index (χ0n) is 18.6. The van der Waals surface area contributed by atoms with Crippen LogP contribution in [0.15, 0.2) is 58.7 Å². The van der Waals surface area contributed by atoms with E-state index in [1.54, 1.807) is 53.0 Å². The third-order valence-corrected chi connectivity index (χ3v) is 6.94. The van der Waals surface area contributed by atoms with Crippen LogP contribution in [0.2, 0.25) is 0 Å². The number of thiophene rings is 1. The van der Waals surface area contributed by atoms with Crippen LogP contribution in [0.3, 0.4) is 0 Å². The minimum absolute atomic E-state index is 0.0716. The van der Waals surface area contributed by atoms with Gasteiger partial charge in [0, 0.05) is 18.2 Å². The van der Waals surface area contributed by atoms with Crippen LogP contribution in [-0.4, -0.2) is 33.3 Å². The molecule has 0 fully saturated rings. The molecule has 0 atom stereocenters. The van der Waals surface area contributed by atoms with E-state index in [1.165, 1.54) is 10.7 Å². The third kappa shape index (κ3) is 5.55. The number of aryl methyl sites for hydroxylation is 1. The van der Waals surface area contributed by atoms with Gasteiger partial charge in [0.05, 0.1) is 28.1 Å². The lowest BCUT2D eigenvalue weighted by molar-refractivity contribution is 0.0951. The molecule has 4 aromatic rings. The molecule has 3 aromatic heterocycles. The molecular weight excluding hydrogens is 456 g/mol. The van der Waals surface area contributed by atoms with Crippen LogP contribution in [0.4, 0.5) is 0 Å². The maximum atomic E-state index is 12.4. The number of aromatic nitrogens is 3. The molecule has 3 heterocycles. The fraction of sp³-hybridized carbons (Fsp3) is 0.250. The van der Waals surface area contributed by atoms with E-state index in [2.05, 4.69) is 15.4 Å². The minimum atomic E-state index is -0.219. The molecule has 0 bridgehead atoms. The first-order valence-electron chi connectivity index (χ1n) is 10.6. The molecule has 0 saturated heterocycles. The molecule has 0 aliphatic rings.